The van der Waals surface area contributed by atoms with E-state index in [1.165, 1.54) is 78.7 Å². The van der Waals surface area contributed by atoms with Crippen molar-refractivity contribution in [3.63, 3.8) is 0 Å². The predicted octanol–water partition coefficient (Wildman–Crippen LogP) is 2.51. The van der Waals surface area contributed by atoms with Crippen LogP contribution < -0.4 is 15.7 Å². The van der Waals surface area contributed by atoms with E-state index in [2.05, 4.69) is 20.0 Å². The number of nitrogens with zero attached hydrogens (tertiary/aromatic N) is 1. The molecule has 3 aromatic carbocycles. The van der Waals surface area contributed by atoms with Gasteiger partial charge in [-0.05, 0) is 66.7 Å². The van der Waals surface area contributed by atoms with Crippen LogP contribution in [0, 0.1) is 5.82 Å². The molecule has 0 aliphatic carbocycles. The highest BCUT2D eigenvalue weighted by Crippen LogP contribution is 2.20. The molecule has 0 spiro atoms. The van der Waals surface area contributed by atoms with Crippen molar-refractivity contribution in [2.75, 3.05) is 23.6 Å². The van der Waals surface area contributed by atoms with Crippen LogP contribution in [0.2, 0.25) is 0 Å². The highest BCUT2D eigenvalue weighted by atomic mass is 32.2. The third-order valence-electron chi connectivity index (χ3n) is 5.04. The van der Waals surface area contributed by atoms with E-state index in [-0.39, 0.29) is 22.7 Å². The average molecular weight is 498 g/mol. The van der Waals surface area contributed by atoms with Crippen LogP contribution >= 0.6 is 0 Å². The van der Waals surface area contributed by atoms with Crippen LogP contribution in [0.1, 0.15) is 10.4 Å². The number of sulfonamides is 1. The number of aromatic nitrogens is 2. The number of amides is 2. The third kappa shape index (κ3) is 5.55. The van der Waals surface area contributed by atoms with Gasteiger partial charge in [0, 0.05) is 24.0 Å². The topological polar surface area (TPSA) is 144 Å². The minimum atomic E-state index is -3.95. The number of anilines is 2. The van der Waals surface area contributed by atoms with Gasteiger partial charge < -0.3 is 20.2 Å². The second-order valence-electron chi connectivity index (χ2n) is 7.69. The molecule has 4 N–H and O–H groups in total. The van der Waals surface area contributed by atoms with E-state index >= 15 is 0 Å². The molecule has 35 heavy (non-hydrogen) atoms. The first-order chi connectivity index (χ1) is 16.6. The first-order valence-electron chi connectivity index (χ1n) is 10.3. The summed E-state index contributed by atoms with van der Waals surface area (Å²) in [6, 6.07) is 15.1. The molecular formula is C23H20FN5O5S. The van der Waals surface area contributed by atoms with Gasteiger partial charge in [0.05, 0.1) is 22.5 Å². The quantitative estimate of drug-likeness (QED) is 0.310. The number of likely N-dealkylation sites (N-methyl/N-ethyl adjacent to an activating group) is 1. The largest absolute Gasteiger partial charge is 0.332 e. The summed E-state index contributed by atoms with van der Waals surface area (Å²) in [4.78, 5) is 42.4. The van der Waals surface area contributed by atoms with Crippen LogP contribution in [-0.4, -0.2) is 48.7 Å². The van der Waals surface area contributed by atoms with E-state index in [4.69, 9.17) is 0 Å². The highest BCUT2D eigenvalue weighted by molar-refractivity contribution is 7.92. The van der Waals surface area contributed by atoms with Gasteiger partial charge in [-0.25, -0.2) is 17.6 Å². The fourth-order valence-corrected chi connectivity index (χ4v) is 4.40. The Bertz CT molecular complexity index is 1560. The smallest absolute Gasteiger partial charge is 0.323 e. The number of halogens is 1. The molecule has 0 unspecified atom stereocenters. The molecule has 4 aromatic rings. The zero-order chi connectivity index (χ0) is 25.2. The number of fused-ring (bicyclic) bond motifs is 1. The molecule has 2 amide bonds. The van der Waals surface area contributed by atoms with E-state index < -0.39 is 33.3 Å². The summed E-state index contributed by atoms with van der Waals surface area (Å²) in [7, 11) is -2.50. The van der Waals surface area contributed by atoms with Crippen LogP contribution in [0.15, 0.2) is 76.4 Å². The molecule has 4 rings (SSSR count). The van der Waals surface area contributed by atoms with Gasteiger partial charge in [-0.2, -0.15) is 0 Å². The summed E-state index contributed by atoms with van der Waals surface area (Å²) in [5, 5.41) is 2.57. The second kappa shape index (κ2) is 9.43. The Balaban J connectivity index is 1.39. The number of benzene rings is 3. The molecule has 0 saturated heterocycles. The van der Waals surface area contributed by atoms with Crippen LogP contribution in [0.5, 0.6) is 0 Å². The average Bonchev–Trinajstić information content (AvgIpc) is 3.19. The van der Waals surface area contributed by atoms with Crippen LogP contribution in [0.25, 0.3) is 11.0 Å². The number of imidazole rings is 1. The van der Waals surface area contributed by atoms with Gasteiger partial charge in [-0.1, -0.05) is 0 Å². The lowest BCUT2D eigenvalue weighted by Crippen LogP contribution is -2.34. The molecule has 0 fully saturated rings. The van der Waals surface area contributed by atoms with Gasteiger partial charge in [0.15, 0.2) is 0 Å². The van der Waals surface area contributed by atoms with Crippen molar-refractivity contribution in [3.05, 3.63) is 88.6 Å². The minimum Gasteiger partial charge on any atom is -0.332 e. The number of rotatable bonds is 7. The molecule has 10 nitrogen and oxygen atoms in total. The van der Waals surface area contributed by atoms with Crippen molar-refractivity contribution in [2.24, 2.45) is 0 Å². The molecule has 12 heteroatoms. The van der Waals surface area contributed by atoms with E-state index in [0.29, 0.717) is 16.7 Å². The summed E-state index contributed by atoms with van der Waals surface area (Å²) in [5.41, 5.74) is 1.26. The minimum absolute atomic E-state index is 0.0488. The van der Waals surface area contributed by atoms with E-state index in [1.54, 1.807) is 0 Å². The number of carbonyl (C=O) groups excluding carboxylic acids is 2. The Hall–Kier alpha value is -4.45. The molecule has 0 bridgehead atoms. The van der Waals surface area contributed by atoms with Gasteiger partial charge in [-0.15, -0.1) is 0 Å². The van der Waals surface area contributed by atoms with E-state index in [9.17, 15) is 27.2 Å². The lowest BCUT2D eigenvalue weighted by molar-refractivity contribution is -0.116. The Morgan fingerprint density at radius 3 is 2.23 bits per heavy atom. The standard InChI is InChI=1S/C23H20FN5O5S/c1-29(13-21(30)25-16-8-4-15(24)5-9-16)22(31)14-2-6-17(7-3-14)28-35(33,34)18-10-11-19-20(12-18)27-23(32)26-19/h2-12,28H,13H2,1H3,(H,25,30)(H2,26,27,32). The Labute approximate surface area is 198 Å². The first-order valence-corrected chi connectivity index (χ1v) is 11.7. The Morgan fingerprint density at radius 1 is 0.914 bits per heavy atom. The number of hydrogen-bond acceptors (Lipinski definition) is 5. The molecule has 0 aliphatic rings. The van der Waals surface area contributed by atoms with Crippen LogP contribution in [0.4, 0.5) is 15.8 Å². The zero-order valence-electron chi connectivity index (χ0n) is 18.3. The molecular weight excluding hydrogens is 477 g/mol. The van der Waals surface area contributed by atoms with Gasteiger partial charge >= 0.3 is 5.69 Å². The van der Waals surface area contributed by atoms with Crippen molar-refractivity contribution in [2.45, 2.75) is 4.90 Å². The number of carbonyl (C=O) groups is 2. The molecule has 0 saturated carbocycles. The highest BCUT2D eigenvalue weighted by Gasteiger charge is 2.18. The number of nitrogens with one attached hydrogen (secondary N) is 4. The van der Waals surface area contributed by atoms with Crippen molar-refractivity contribution < 1.29 is 22.4 Å². The Kier molecular flexibility index (Phi) is 6.38. The Morgan fingerprint density at radius 2 is 1.54 bits per heavy atom. The number of hydrogen-bond donors (Lipinski definition) is 4. The van der Waals surface area contributed by atoms with E-state index in [0.717, 1.165) is 0 Å². The predicted molar refractivity (Wildman–Crippen MR) is 128 cm³/mol. The van der Waals surface area contributed by atoms with Crippen molar-refractivity contribution in [1.29, 1.82) is 0 Å². The number of H-pyrrole nitrogens is 2. The maximum Gasteiger partial charge on any atom is 0.323 e. The summed E-state index contributed by atoms with van der Waals surface area (Å²) < 4.78 is 40.8. The second-order valence-corrected chi connectivity index (χ2v) is 9.37. The zero-order valence-corrected chi connectivity index (χ0v) is 19.1. The summed E-state index contributed by atoms with van der Waals surface area (Å²) in [6.45, 7) is -0.242. The molecule has 1 aromatic heterocycles. The van der Waals surface area contributed by atoms with Gasteiger partial charge in [0.25, 0.3) is 15.9 Å². The fraction of sp³-hybridized carbons (Fsp3) is 0.0870. The van der Waals surface area contributed by atoms with E-state index in [1.807, 2.05) is 0 Å². The molecule has 180 valence electrons. The van der Waals surface area contributed by atoms with Crippen molar-refractivity contribution >= 4 is 44.2 Å². The summed E-state index contributed by atoms with van der Waals surface area (Å²) in [5.74, 6) is -1.34. The maximum atomic E-state index is 13.0. The third-order valence-corrected chi connectivity index (χ3v) is 6.42. The molecule has 0 radical (unpaired) electrons. The lowest BCUT2D eigenvalue weighted by atomic mass is 10.2. The first kappa shape index (κ1) is 23.7. The normalized spacial score (nSPS) is 11.3. The monoisotopic (exact) mass is 497 g/mol. The van der Waals surface area contributed by atoms with Gasteiger partial charge in [-0.3, -0.25) is 14.3 Å². The summed E-state index contributed by atoms with van der Waals surface area (Å²) >= 11 is 0. The van der Waals surface area contributed by atoms with Gasteiger partial charge in [0.2, 0.25) is 5.91 Å². The molecule has 1 heterocycles. The molecule has 0 atom stereocenters. The number of aromatic amines is 2. The SMILES string of the molecule is CN(CC(=O)Nc1ccc(F)cc1)C(=O)c1ccc(NS(=O)(=O)c2ccc3[nH]c(=O)[nH]c3c2)cc1. The fourth-order valence-electron chi connectivity index (χ4n) is 3.32. The maximum absolute atomic E-state index is 13.0. The van der Waals surface area contributed by atoms with Crippen LogP contribution in [-0.2, 0) is 14.8 Å². The van der Waals surface area contributed by atoms with Crippen molar-refractivity contribution in [1.82, 2.24) is 14.9 Å². The lowest BCUT2D eigenvalue weighted by Gasteiger charge is -2.17. The van der Waals surface area contributed by atoms with Crippen LogP contribution in [0.3, 0.4) is 0 Å². The summed E-state index contributed by atoms with van der Waals surface area (Å²) in [6.07, 6.45) is 0. The van der Waals surface area contributed by atoms with Crippen molar-refractivity contribution in [3.8, 4) is 0 Å². The molecule has 0 aliphatic heterocycles. The van der Waals surface area contributed by atoms with Gasteiger partial charge in [0.1, 0.15) is 5.82 Å².